The Hall–Kier alpha value is -4.20. The minimum absolute atomic E-state index is 0.0709. The first-order valence-corrected chi connectivity index (χ1v) is 11.8. The molecule has 0 saturated carbocycles. The topological polar surface area (TPSA) is 111 Å². The molecule has 8 heteroatoms. The number of carbonyl (C=O) groups is 4. The largest absolute Gasteiger partial charge is 0.460 e. The minimum Gasteiger partial charge on any atom is -0.460 e. The Kier molecular flexibility index (Phi) is 8.78. The molecule has 0 heterocycles. The highest BCUT2D eigenvalue weighted by atomic mass is 16.5. The van der Waals surface area contributed by atoms with Crippen LogP contribution in [-0.4, -0.2) is 48.8 Å². The smallest absolute Gasteiger partial charge is 0.330 e. The normalized spacial score (nSPS) is 13.5. The first-order valence-electron chi connectivity index (χ1n) is 11.8. The van der Waals surface area contributed by atoms with Crippen LogP contribution in [-0.2, 0) is 19.1 Å². The number of rotatable bonds is 12. The van der Waals surface area contributed by atoms with E-state index >= 15 is 0 Å². The monoisotopic (exact) mass is 490 g/mol. The van der Waals surface area contributed by atoms with Crippen LogP contribution < -0.4 is 10.6 Å². The molecule has 1 aliphatic rings. The van der Waals surface area contributed by atoms with E-state index in [0.717, 1.165) is 12.2 Å². The van der Waals surface area contributed by atoms with Gasteiger partial charge in [0.25, 0.3) is 0 Å². The van der Waals surface area contributed by atoms with E-state index < -0.39 is 11.9 Å². The lowest BCUT2D eigenvalue weighted by Gasteiger charge is -2.27. The molecule has 36 heavy (non-hydrogen) atoms. The molecule has 0 fully saturated rings. The number of benzene rings is 2. The number of hydrogen-bond acceptors (Lipinski definition) is 8. The zero-order valence-corrected chi connectivity index (χ0v) is 20.5. The summed E-state index contributed by atoms with van der Waals surface area (Å²) in [4.78, 5) is 50.3. The zero-order chi connectivity index (χ0) is 26.2. The average molecular weight is 491 g/mol. The fraction of sp³-hybridized carbons (Fsp3) is 0.286. The number of anilines is 2. The molecule has 0 saturated heterocycles. The van der Waals surface area contributed by atoms with Gasteiger partial charge in [-0.15, -0.1) is 0 Å². The Morgan fingerprint density at radius 2 is 1.17 bits per heavy atom. The van der Waals surface area contributed by atoms with Crippen molar-refractivity contribution in [2.75, 3.05) is 23.8 Å². The average Bonchev–Trinajstić information content (AvgIpc) is 2.91. The number of ether oxygens (including phenoxy) is 2. The van der Waals surface area contributed by atoms with Crippen LogP contribution in [0.2, 0.25) is 0 Å². The third kappa shape index (κ3) is 5.71. The van der Waals surface area contributed by atoms with Crippen LogP contribution in [0, 0.1) is 0 Å². The molecule has 0 spiro atoms. The lowest BCUT2D eigenvalue weighted by molar-refractivity contribution is -0.139. The third-order valence-electron chi connectivity index (χ3n) is 5.97. The molecule has 0 amide bonds. The maximum atomic E-state index is 13.6. The predicted octanol–water partition coefficient (Wildman–Crippen LogP) is 4.30. The summed E-state index contributed by atoms with van der Waals surface area (Å²) in [7, 11) is 0. The molecule has 2 aromatic carbocycles. The molecule has 2 aromatic rings. The number of fused-ring (bicyclic) bond motifs is 2. The highest BCUT2D eigenvalue weighted by Gasteiger charge is 2.34. The summed E-state index contributed by atoms with van der Waals surface area (Å²) in [6.45, 7) is 10.8. The van der Waals surface area contributed by atoms with Crippen molar-refractivity contribution in [1.29, 1.82) is 0 Å². The van der Waals surface area contributed by atoms with E-state index in [0.29, 0.717) is 35.3 Å². The Balaban J connectivity index is 2.02. The van der Waals surface area contributed by atoms with Crippen molar-refractivity contribution < 1.29 is 28.7 Å². The molecular weight excluding hydrogens is 460 g/mol. The molecule has 0 bridgehead atoms. The van der Waals surface area contributed by atoms with Gasteiger partial charge in [-0.05, 0) is 25.0 Å². The van der Waals surface area contributed by atoms with Crippen molar-refractivity contribution >= 4 is 34.9 Å². The third-order valence-corrected chi connectivity index (χ3v) is 5.97. The SMILES string of the molecule is C=CC(=O)OCC(CC)Nc1ccc(NC(CC)COC(=O)C=C)c2c1C(=O)c1ccccc1C2=O. The fourth-order valence-corrected chi connectivity index (χ4v) is 3.91. The predicted molar refractivity (Wildman–Crippen MR) is 137 cm³/mol. The van der Waals surface area contributed by atoms with Gasteiger partial charge in [0.05, 0.1) is 23.2 Å². The first-order chi connectivity index (χ1) is 17.3. The van der Waals surface area contributed by atoms with Crippen LogP contribution >= 0.6 is 0 Å². The molecule has 0 radical (unpaired) electrons. The van der Waals surface area contributed by atoms with Crippen molar-refractivity contribution in [3.05, 3.63) is 84.0 Å². The van der Waals surface area contributed by atoms with E-state index in [1.54, 1.807) is 36.4 Å². The molecule has 1 aliphatic carbocycles. The molecular formula is C28H30N2O6. The Labute approximate surface area is 210 Å². The van der Waals surface area contributed by atoms with Gasteiger partial charge in [0.1, 0.15) is 13.2 Å². The number of ketones is 2. The zero-order valence-electron chi connectivity index (χ0n) is 20.5. The highest BCUT2D eigenvalue weighted by Crippen LogP contribution is 2.37. The van der Waals surface area contributed by atoms with E-state index in [1.165, 1.54) is 0 Å². The van der Waals surface area contributed by atoms with Gasteiger partial charge in [0, 0.05) is 34.7 Å². The second-order valence-corrected chi connectivity index (χ2v) is 8.28. The molecule has 8 nitrogen and oxygen atoms in total. The number of carbonyl (C=O) groups excluding carboxylic acids is 4. The second-order valence-electron chi connectivity index (χ2n) is 8.28. The minimum atomic E-state index is -0.542. The molecule has 2 atom stereocenters. The van der Waals surface area contributed by atoms with Gasteiger partial charge in [0.2, 0.25) is 0 Å². The van der Waals surface area contributed by atoms with E-state index in [4.69, 9.17) is 9.47 Å². The van der Waals surface area contributed by atoms with Crippen LogP contribution in [0.5, 0.6) is 0 Å². The van der Waals surface area contributed by atoms with Crippen LogP contribution in [0.1, 0.15) is 58.5 Å². The maximum Gasteiger partial charge on any atom is 0.330 e. The van der Waals surface area contributed by atoms with Crippen molar-refractivity contribution in [3.63, 3.8) is 0 Å². The van der Waals surface area contributed by atoms with Crippen LogP contribution in [0.15, 0.2) is 61.7 Å². The second kappa shape index (κ2) is 12.0. The Morgan fingerprint density at radius 3 is 1.50 bits per heavy atom. The van der Waals surface area contributed by atoms with Crippen LogP contribution in [0.3, 0.4) is 0 Å². The first kappa shape index (κ1) is 26.4. The molecule has 0 aromatic heterocycles. The van der Waals surface area contributed by atoms with E-state index in [2.05, 4.69) is 23.8 Å². The maximum absolute atomic E-state index is 13.6. The van der Waals surface area contributed by atoms with Crippen molar-refractivity contribution in [3.8, 4) is 0 Å². The van der Waals surface area contributed by atoms with Crippen LogP contribution in [0.25, 0.3) is 0 Å². The van der Waals surface area contributed by atoms with Crippen molar-refractivity contribution in [2.45, 2.75) is 38.8 Å². The standard InChI is InChI=1S/C28H30N2O6/c1-5-17(15-35-23(31)7-3)29-21-13-14-22(30-18(6-2)16-36-24(32)8-4)26-25(21)27(33)19-11-9-10-12-20(19)28(26)34/h7-14,17-18,29-30H,3-6,15-16H2,1-2H3. The summed E-state index contributed by atoms with van der Waals surface area (Å²) in [5.74, 6) is -1.65. The van der Waals surface area contributed by atoms with E-state index in [-0.39, 0.29) is 48.0 Å². The summed E-state index contributed by atoms with van der Waals surface area (Å²) in [5, 5.41) is 6.54. The Morgan fingerprint density at radius 1 is 0.778 bits per heavy atom. The Bertz CT molecular complexity index is 1110. The van der Waals surface area contributed by atoms with Crippen molar-refractivity contribution in [2.24, 2.45) is 0 Å². The molecule has 0 aliphatic heterocycles. The van der Waals surface area contributed by atoms with E-state index in [1.807, 2.05) is 13.8 Å². The van der Waals surface area contributed by atoms with Gasteiger partial charge in [0.15, 0.2) is 11.6 Å². The summed E-state index contributed by atoms with van der Waals surface area (Å²) in [6.07, 6.45) is 3.38. The van der Waals surface area contributed by atoms with E-state index in [9.17, 15) is 19.2 Å². The van der Waals surface area contributed by atoms with Gasteiger partial charge >= 0.3 is 11.9 Å². The molecule has 3 rings (SSSR count). The fourth-order valence-electron chi connectivity index (χ4n) is 3.91. The highest BCUT2D eigenvalue weighted by molar-refractivity contribution is 6.31. The summed E-state index contributed by atoms with van der Waals surface area (Å²) >= 11 is 0. The lowest BCUT2D eigenvalue weighted by atomic mass is 9.82. The molecule has 2 N–H and O–H groups in total. The van der Waals surface area contributed by atoms with Crippen molar-refractivity contribution in [1.82, 2.24) is 0 Å². The molecule has 188 valence electrons. The summed E-state index contributed by atoms with van der Waals surface area (Å²) in [5.41, 5.74) is 2.08. The van der Waals surface area contributed by atoms with Gasteiger partial charge in [-0.2, -0.15) is 0 Å². The van der Waals surface area contributed by atoms with Gasteiger partial charge in [-0.25, -0.2) is 9.59 Å². The van der Waals surface area contributed by atoms with Crippen LogP contribution in [0.4, 0.5) is 11.4 Å². The number of nitrogens with one attached hydrogen (secondary N) is 2. The van der Waals surface area contributed by atoms with Gasteiger partial charge < -0.3 is 20.1 Å². The van der Waals surface area contributed by atoms with Gasteiger partial charge in [-0.1, -0.05) is 51.3 Å². The lowest BCUT2D eigenvalue weighted by Crippen LogP contribution is -2.31. The number of esters is 2. The van der Waals surface area contributed by atoms with Gasteiger partial charge in [-0.3, -0.25) is 9.59 Å². The summed E-state index contributed by atoms with van der Waals surface area (Å²) < 4.78 is 10.4. The number of hydrogen-bond donors (Lipinski definition) is 2. The summed E-state index contributed by atoms with van der Waals surface area (Å²) in [6, 6.07) is 9.56. The quantitative estimate of drug-likeness (QED) is 0.286. The molecule has 2 unspecified atom stereocenters.